The molecule has 0 amide bonds. The second-order valence-electron chi connectivity index (χ2n) is 3.47. The van der Waals surface area contributed by atoms with Crippen LogP contribution in [0.3, 0.4) is 0 Å². The highest BCUT2D eigenvalue weighted by molar-refractivity contribution is 5.75. The zero-order valence-electron chi connectivity index (χ0n) is 9.87. The van der Waals surface area contributed by atoms with Gasteiger partial charge < -0.3 is 19.7 Å². The van der Waals surface area contributed by atoms with Crippen LogP contribution in [0.5, 0.6) is 5.75 Å². The Morgan fingerprint density at radius 2 is 2.00 bits per heavy atom. The van der Waals surface area contributed by atoms with E-state index in [0.29, 0.717) is 11.3 Å². The number of methoxy groups -OCH3 is 1. The van der Waals surface area contributed by atoms with E-state index < -0.39 is 18.2 Å². The molecule has 2 unspecified atom stereocenters. The van der Waals surface area contributed by atoms with E-state index >= 15 is 0 Å². The molecule has 0 aliphatic heterocycles. The van der Waals surface area contributed by atoms with Gasteiger partial charge in [0.25, 0.3) is 0 Å². The van der Waals surface area contributed by atoms with Gasteiger partial charge in [-0.1, -0.05) is 18.1 Å². The van der Waals surface area contributed by atoms with Crippen molar-refractivity contribution in [1.29, 1.82) is 0 Å². The number of terminal acetylenes is 1. The topological polar surface area (TPSA) is 76.0 Å². The highest BCUT2D eigenvalue weighted by Crippen LogP contribution is 2.21. The molecule has 2 N–H and O–H groups in total. The van der Waals surface area contributed by atoms with Gasteiger partial charge in [-0.05, 0) is 17.7 Å². The molecule has 1 rings (SSSR count). The van der Waals surface area contributed by atoms with E-state index in [1.165, 1.54) is 12.1 Å². The minimum atomic E-state index is -1.62. The molecule has 1 aromatic carbocycles. The van der Waals surface area contributed by atoms with E-state index in [2.05, 4.69) is 10.7 Å². The molecular formula is C13H14O5. The Labute approximate surface area is 105 Å². The van der Waals surface area contributed by atoms with Crippen molar-refractivity contribution in [1.82, 2.24) is 0 Å². The third-order valence-electron chi connectivity index (χ3n) is 2.29. The van der Waals surface area contributed by atoms with Crippen LogP contribution in [0, 0.1) is 12.3 Å². The fourth-order valence-electron chi connectivity index (χ4n) is 1.32. The summed E-state index contributed by atoms with van der Waals surface area (Å²) in [4.78, 5) is 11.1. The lowest BCUT2D eigenvalue weighted by Crippen LogP contribution is -2.28. The van der Waals surface area contributed by atoms with Crippen LogP contribution >= 0.6 is 0 Å². The normalized spacial score (nSPS) is 13.2. The van der Waals surface area contributed by atoms with Gasteiger partial charge in [0.2, 0.25) is 0 Å². The molecule has 0 aromatic heterocycles. The Hall–Kier alpha value is -2.03. The highest BCUT2D eigenvalue weighted by Gasteiger charge is 2.26. The summed E-state index contributed by atoms with van der Waals surface area (Å²) >= 11 is 0. The average molecular weight is 250 g/mol. The number of ether oxygens (including phenoxy) is 2. The van der Waals surface area contributed by atoms with Gasteiger partial charge >= 0.3 is 5.97 Å². The Morgan fingerprint density at radius 3 is 2.50 bits per heavy atom. The maximum Gasteiger partial charge on any atom is 0.337 e. The number of rotatable bonds is 5. The Kier molecular flexibility index (Phi) is 5.18. The zero-order valence-corrected chi connectivity index (χ0v) is 9.87. The van der Waals surface area contributed by atoms with Crippen LogP contribution in [0.2, 0.25) is 0 Å². The van der Waals surface area contributed by atoms with Crippen molar-refractivity contribution in [2.75, 3.05) is 13.7 Å². The molecule has 0 aliphatic carbocycles. The van der Waals surface area contributed by atoms with Crippen molar-refractivity contribution in [2.45, 2.75) is 12.2 Å². The fourth-order valence-corrected chi connectivity index (χ4v) is 1.32. The summed E-state index contributed by atoms with van der Waals surface area (Å²) in [7, 11) is 1.13. The number of carbonyl (C=O) groups is 1. The molecule has 5 nitrogen and oxygen atoms in total. The van der Waals surface area contributed by atoms with Crippen LogP contribution < -0.4 is 4.74 Å². The molecule has 5 heteroatoms. The SMILES string of the molecule is C#CCOc1ccc(C(O)C(O)C(=O)OC)cc1. The van der Waals surface area contributed by atoms with E-state index in [0.717, 1.165) is 7.11 Å². The molecule has 0 heterocycles. The predicted molar refractivity (Wildman–Crippen MR) is 63.8 cm³/mol. The van der Waals surface area contributed by atoms with Gasteiger partial charge in [-0.3, -0.25) is 0 Å². The van der Waals surface area contributed by atoms with E-state index in [1.54, 1.807) is 12.1 Å². The molecule has 0 fully saturated rings. The smallest absolute Gasteiger partial charge is 0.337 e. The molecule has 0 saturated heterocycles. The van der Waals surface area contributed by atoms with Crippen molar-refractivity contribution in [3.05, 3.63) is 29.8 Å². The van der Waals surface area contributed by atoms with Crippen molar-refractivity contribution >= 4 is 5.97 Å². The lowest BCUT2D eigenvalue weighted by Gasteiger charge is -2.16. The second-order valence-corrected chi connectivity index (χ2v) is 3.47. The molecule has 0 radical (unpaired) electrons. The van der Waals surface area contributed by atoms with Gasteiger partial charge in [-0.15, -0.1) is 6.42 Å². The maximum atomic E-state index is 11.1. The molecule has 18 heavy (non-hydrogen) atoms. The average Bonchev–Trinajstić information content (AvgIpc) is 2.43. The Morgan fingerprint density at radius 1 is 1.39 bits per heavy atom. The molecule has 96 valence electrons. The largest absolute Gasteiger partial charge is 0.481 e. The first-order valence-corrected chi connectivity index (χ1v) is 5.20. The van der Waals surface area contributed by atoms with Crippen LogP contribution in [-0.4, -0.2) is 36.0 Å². The molecule has 0 bridgehead atoms. The quantitative estimate of drug-likeness (QED) is 0.579. The van der Waals surface area contributed by atoms with E-state index in [1.807, 2.05) is 0 Å². The fraction of sp³-hybridized carbons (Fsp3) is 0.308. The number of hydrogen-bond acceptors (Lipinski definition) is 5. The monoisotopic (exact) mass is 250 g/mol. The number of benzene rings is 1. The summed E-state index contributed by atoms with van der Waals surface area (Å²) in [6, 6.07) is 6.23. The third-order valence-corrected chi connectivity index (χ3v) is 2.29. The number of aliphatic hydroxyl groups excluding tert-OH is 2. The molecule has 0 spiro atoms. The minimum Gasteiger partial charge on any atom is -0.481 e. The van der Waals surface area contributed by atoms with Gasteiger partial charge in [-0.2, -0.15) is 0 Å². The van der Waals surface area contributed by atoms with Gasteiger partial charge in [0.15, 0.2) is 6.10 Å². The molecule has 0 aliphatic rings. The number of carbonyl (C=O) groups excluding carboxylic acids is 1. The minimum absolute atomic E-state index is 0.146. The van der Waals surface area contributed by atoms with Crippen molar-refractivity contribution < 1.29 is 24.5 Å². The van der Waals surface area contributed by atoms with Crippen LogP contribution in [0.15, 0.2) is 24.3 Å². The maximum absolute atomic E-state index is 11.1. The first-order valence-electron chi connectivity index (χ1n) is 5.20. The zero-order chi connectivity index (χ0) is 13.5. The van der Waals surface area contributed by atoms with Gasteiger partial charge in [0.05, 0.1) is 7.11 Å². The second kappa shape index (κ2) is 6.64. The summed E-state index contributed by atoms with van der Waals surface area (Å²) in [5.41, 5.74) is 0.376. The molecule has 1 aromatic rings. The first kappa shape index (κ1) is 14.0. The van der Waals surface area contributed by atoms with Crippen molar-refractivity contribution in [2.24, 2.45) is 0 Å². The standard InChI is InChI=1S/C13H14O5/c1-3-8-18-10-6-4-9(5-7-10)11(14)12(15)13(16)17-2/h1,4-7,11-12,14-15H,8H2,2H3. The predicted octanol–water partition coefficient (Wildman–Crippen LogP) is 0.266. The first-order chi connectivity index (χ1) is 8.60. The van der Waals surface area contributed by atoms with Gasteiger partial charge in [0.1, 0.15) is 18.5 Å². The summed E-state index contributed by atoms with van der Waals surface area (Å²) in [5, 5.41) is 19.2. The van der Waals surface area contributed by atoms with E-state index in [4.69, 9.17) is 11.2 Å². The molecule has 0 saturated carbocycles. The summed E-state index contributed by atoms with van der Waals surface area (Å²) < 4.78 is 9.48. The van der Waals surface area contributed by atoms with Crippen molar-refractivity contribution in [3.8, 4) is 18.1 Å². The summed E-state index contributed by atoms with van der Waals surface area (Å²) in [5.74, 6) is 1.97. The number of aliphatic hydroxyl groups is 2. The van der Waals surface area contributed by atoms with Crippen LogP contribution in [-0.2, 0) is 9.53 Å². The number of esters is 1. The Balaban J connectivity index is 2.73. The van der Waals surface area contributed by atoms with Crippen LogP contribution in [0.1, 0.15) is 11.7 Å². The van der Waals surface area contributed by atoms with E-state index in [-0.39, 0.29) is 6.61 Å². The van der Waals surface area contributed by atoms with Crippen LogP contribution in [0.25, 0.3) is 0 Å². The summed E-state index contributed by atoms with van der Waals surface area (Å²) in [6.07, 6.45) is 2.08. The molecule has 2 atom stereocenters. The van der Waals surface area contributed by atoms with Crippen molar-refractivity contribution in [3.63, 3.8) is 0 Å². The van der Waals surface area contributed by atoms with Gasteiger partial charge in [-0.25, -0.2) is 4.79 Å². The van der Waals surface area contributed by atoms with Gasteiger partial charge in [0, 0.05) is 0 Å². The number of hydrogen-bond donors (Lipinski definition) is 2. The Bertz CT molecular complexity index is 432. The van der Waals surface area contributed by atoms with E-state index in [9.17, 15) is 15.0 Å². The highest BCUT2D eigenvalue weighted by atomic mass is 16.5. The van der Waals surface area contributed by atoms with Crippen LogP contribution in [0.4, 0.5) is 0 Å². The third kappa shape index (κ3) is 3.48. The summed E-state index contributed by atoms with van der Waals surface area (Å²) in [6.45, 7) is 0.146. The lowest BCUT2D eigenvalue weighted by molar-refractivity contribution is -0.156. The lowest BCUT2D eigenvalue weighted by atomic mass is 10.0. The molecular weight excluding hydrogens is 236 g/mol.